The highest BCUT2D eigenvalue weighted by Gasteiger charge is 2.43. The van der Waals surface area contributed by atoms with Crippen LogP contribution in [0.3, 0.4) is 0 Å². The van der Waals surface area contributed by atoms with Gasteiger partial charge in [-0.3, -0.25) is 19.4 Å². The van der Waals surface area contributed by atoms with Crippen LogP contribution in [0.15, 0.2) is 33.8 Å². The lowest BCUT2D eigenvalue weighted by Crippen LogP contribution is -2.48. The molecule has 0 aliphatic heterocycles. The molecule has 184 valence electrons. The number of nitrogens with zero attached hydrogens (tertiary/aromatic N) is 3. The van der Waals surface area contributed by atoms with Crippen LogP contribution in [0.4, 0.5) is 5.69 Å². The topological polar surface area (TPSA) is 132 Å². The molecule has 34 heavy (non-hydrogen) atoms. The molecular weight excluding hydrogens is 500 g/mol. The second kappa shape index (κ2) is 10.2. The highest BCUT2D eigenvalue weighted by Crippen LogP contribution is 2.48. The maximum absolute atomic E-state index is 12.8. The number of hydrogen-bond acceptors (Lipinski definition) is 6. The van der Waals surface area contributed by atoms with E-state index in [2.05, 4.69) is 71.3 Å². The highest BCUT2D eigenvalue weighted by molar-refractivity contribution is 9.10. The third-order valence-corrected chi connectivity index (χ3v) is 8.43. The van der Waals surface area contributed by atoms with E-state index in [0.29, 0.717) is 33.5 Å². The smallest absolute Gasteiger partial charge is 0.283 e. The number of pyridine rings is 1. The van der Waals surface area contributed by atoms with Gasteiger partial charge < -0.3 is 16.4 Å². The summed E-state index contributed by atoms with van der Waals surface area (Å²) in [5.41, 5.74) is 6.53. The Kier molecular flexibility index (Phi) is 7.80. The lowest BCUT2D eigenvalue weighted by molar-refractivity contribution is -0.122. The second-order valence-corrected chi connectivity index (χ2v) is 10.7. The summed E-state index contributed by atoms with van der Waals surface area (Å²) >= 11 is 3.40. The van der Waals surface area contributed by atoms with Crippen molar-refractivity contribution in [2.75, 3.05) is 5.32 Å². The Hall–Kier alpha value is -2.75. The van der Waals surface area contributed by atoms with Gasteiger partial charge in [0.1, 0.15) is 16.7 Å². The molecule has 2 aromatic rings. The van der Waals surface area contributed by atoms with Gasteiger partial charge in [0.15, 0.2) is 0 Å². The molecule has 0 bridgehead atoms. The molecular formula is C24H33BrN6O3. The van der Waals surface area contributed by atoms with Gasteiger partial charge in [0, 0.05) is 18.8 Å². The van der Waals surface area contributed by atoms with Gasteiger partial charge in [0.05, 0.1) is 11.9 Å². The maximum Gasteiger partial charge on any atom is 0.283 e. The number of amides is 2. The first-order valence-corrected chi connectivity index (χ1v) is 12.2. The standard InChI is InChI=1S/C24H33BrN6O3/c1-13-8-17(14(2)15(3)24(13,4)5)30-19-11-29-31(23(34)21(19)25)12-20(32)28-10-16-6-7-27-18(9-16)22(26)33/h6-7,9,11,13-15,17,30H,8,10,12H2,1-5H3,(H2,26,33)(H,28,32)/t13-,14+,15+,17+/m0/s1. The van der Waals surface area contributed by atoms with E-state index in [1.54, 1.807) is 12.3 Å². The molecule has 0 saturated heterocycles. The number of halogens is 1. The van der Waals surface area contributed by atoms with Crippen LogP contribution in [-0.4, -0.2) is 32.6 Å². The predicted octanol–water partition coefficient (Wildman–Crippen LogP) is 2.93. The fourth-order valence-electron chi connectivity index (χ4n) is 4.55. The van der Waals surface area contributed by atoms with Crippen LogP contribution in [0.25, 0.3) is 0 Å². The van der Waals surface area contributed by atoms with Crippen molar-refractivity contribution < 1.29 is 9.59 Å². The Labute approximate surface area is 208 Å². The van der Waals surface area contributed by atoms with E-state index in [1.807, 2.05) is 0 Å². The van der Waals surface area contributed by atoms with Gasteiger partial charge in [-0.25, -0.2) is 4.68 Å². The minimum atomic E-state index is -0.641. The van der Waals surface area contributed by atoms with Crippen molar-refractivity contribution in [3.8, 4) is 0 Å². The van der Waals surface area contributed by atoms with Crippen LogP contribution in [0.5, 0.6) is 0 Å². The minimum Gasteiger partial charge on any atom is -0.380 e. The summed E-state index contributed by atoms with van der Waals surface area (Å²) in [6.45, 7) is 11.4. The molecule has 3 rings (SSSR count). The van der Waals surface area contributed by atoms with Crippen LogP contribution in [0.1, 0.15) is 57.1 Å². The van der Waals surface area contributed by atoms with Crippen molar-refractivity contribution >= 4 is 33.4 Å². The Balaban J connectivity index is 1.65. The lowest BCUT2D eigenvalue weighted by Gasteiger charge is -2.50. The molecule has 4 atom stereocenters. The zero-order valence-corrected chi connectivity index (χ0v) is 21.8. The largest absolute Gasteiger partial charge is 0.380 e. The molecule has 1 aliphatic carbocycles. The number of nitrogens with two attached hydrogens (primary N) is 1. The Bertz CT molecular complexity index is 1130. The third kappa shape index (κ3) is 5.48. The summed E-state index contributed by atoms with van der Waals surface area (Å²) in [4.78, 5) is 40.4. The monoisotopic (exact) mass is 532 g/mol. The number of primary amides is 1. The number of nitrogens with one attached hydrogen (secondary N) is 2. The fourth-order valence-corrected chi connectivity index (χ4v) is 4.98. The minimum absolute atomic E-state index is 0.122. The molecule has 1 fully saturated rings. The molecule has 2 heterocycles. The van der Waals surface area contributed by atoms with Crippen molar-refractivity contribution in [3.05, 3.63) is 50.6 Å². The summed E-state index contributed by atoms with van der Waals surface area (Å²) in [6, 6.07) is 3.41. The van der Waals surface area contributed by atoms with Crippen LogP contribution < -0.4 is 21.9 Å². The van der Waals surface area contributed by atoms with E-state index in [0.717, 1.165) is 11.1 Å². The maximum atomic E-state index is 12.8. The van der Waals surface area contributed by atoms with E-state index >= 15 is 0 Å². The Morgan fingerprint density at radius 3 is 2.68 bits per heavy atom. The lowest BCUT2D eigenvalue weighted by atomic mass is 9.58. The molecule has 4 N–H and O–H groups in total. The van der Waals surface area contributed by atoms with Gasteiger partial charge in [-0.05, 0) is 63.2 Å². The Morgan fingerprint density at radius 1 is 1.29 bits per heavy atom. The van der Waals surface area contributed by atoms with Gasteiger partial charge in [-0.15, -0.1) is 0 Å². The van der Waals surface area contributed by atoms with Gasteiger partial charge >= 0.3 is 0 Å². The normalized spacial score (nSPS) is 23.8. The molecule has 0 aromatic carbocycles. The van der Waals surface area contributed by atoms with E-state index in [4.69, 9.17) is 5.73 Å². The quantitative estimate of drug-likeness (QED) is 0.502. The Morgan fingerprint density at radius 2 is 2.00 bits per heavy atom. The molecule has 0 radical (unpaired) electrons. The molecule has 10 heteroatoms. The fraction of sp³-hybridized carbons (Fsp3) is 0.542. The number of carbonyl (C=O) groups is 2. The van der Waals surface area contributed by atoms with Gasteiger partial charge in [-0.2, -0.15) is 5.10 Å². The molecule has 2 aromatic heterocycles. The van der Waals surface area contributed by atoms with Crippen LogP contribution in [-0.2, 0) is 17.9 Å². The van der Waals surface area contributed by atoms with E-state index in [1.165, 1.54) is 12.3 Å². The molecule has 9 nitrogen and oxygen atoms in total. The van der Waals surface area contributed by atoms with Crippen LogP contribution >= 0.6 is 15.9 Å². The molecule has 0 unspecified atom stereocenters. The van der Waals surface area contributed by atoms with Gasteiger partial charge in [0.2, 0.25) is 5.91 Å². The van der Waals surface area contributed by atoms with Crippen molar-refractivity contribution in [3.63, 3.8) is 0 Å². The first kappa shape index (κ1) is 25.9. The predicted molar refractivity (Wildman–Crippen MR) is 134 cm³/mol. The second-order valence-electron chi connectivity index (χ2n) is 9.88. The highest BCUT2D eigenvalue weighted by atomic mass is 79.9. The van der Waals surface area contributed by atoms with Crippen molar-refractivity contribution in [2.45, 2.75) is 60.2 Å². The zero-order chi connectivity index (χ0) is 25.2. The van der Waals surface area contributed by atoms with Crippen molar-refractivity contribution in [1.29, 1.82) is 0 Å². The summed E-state index contributed by atoms with van der Waals surface area (Å²) in [7, 11) is 0. The number of rotatable bonds is 7. The van der Waals surface area contributed by atoms with Crippen molar-refractivity contribution in [1.82, 2.24) is 20.1 Å². The third-order valence-electron chi connectivity index (χ3n) is 7.66. The molecule has 2 amide bonds. The molecule has 0 spiro atoms. The number of carbonyl (C=O) groups excluding carboxylic acids is 2. The first-order chi connectivity index (χ1) is 15.9. The van der Waals surface area contributed by atoms with E-state index < -0.39 is 5.91 Å². The summed E-state index contributed by atoms with van der Waals surface area (Å²) < 4.78 is 1.47. The SMILES string of the molecule is C[C@@H]1[C@@H](C)C(C)(C)[C@@H](C)C[C@H]1Nc1cnn(CC(=O)NCc2ccnc(C(N)=O)c2)c(=O)c1Br. The van der Waals surface area contributed by atoms with Crippen molar-refractivity contribution in [2.24, 2.45) is 28.9 Å². The number of anilines is 1. The summed E-state index contributed by atoms with van der Waals surface area (Å²) in [6.07, 6.45) is 4.04. The molecule has 1 aliphatic rings. The van der Waals surface area contributed by atoms with Gasteiger partial charge in [-0.1, -0.05) is 34.6 Å². The summed E-state index contributed by atoms with van der Waals surface area (Å²) in [5.74, 6) is 0.452. The molecule has 1 saturated carbocycles. The number of hydrogen-bond donors (Lipinski definition) is 3. The van der Waals surface area contributed by atoms with E-state index in [9.17, 15) is 14.4 Å². The average Bonchev–Trinajstić information content (AvgIpc) is 2.80. The van der Waals surface area contributed by atoms with E-state index in [-0.39, 0.29) is 41.7 Å². The summed E-state index contributed by atoms with van der Waals surface area (Å²) in [5, 5.41) is 10.4. The van der Waals surface area contributed by atoms with Gasteiger partial charge in [0.25, 0.3) is 11.5 Å². The average molecular weight is 533 g/mol. The van der Waals surface area contributed by atoms with Crippen LogP contribution in [0.2, 0.25) is 0 Å². The number of aromatic nitrogens is 3. The van der Waals surface area contributed by atoms with Crippen LogP contribution in [0, 0.1) is 23.2 Å². The first-order valence-electron chi connectivity index (χ1n) is 11.4. The zero-order valence-electron chi connectivity index (χ0n) is 20.3.